The largest absolute Gasteiger partial charge is 1.00 e. The zero-order valence-corrected chi connectivity index (χ0v) is 16.6. The minimum absolute atomic E-state index is 0. The van der Waals surface area contributed by atoms with Crippen LogP contribution in [0.5, 0.6) is 0 Å². The van der Waals surface area contributed by atoms with Gasteiger partial charge in [-0.05, 0) is 0 Å². The van der Waals surface area contributed by atoms with Crippen molar-refractivity contribution in [3.63, 3.8) is 0 Å². The smallest absolute Gasteiger partial charge is 0.549 e. The predicted octanol–water partition coefficient (Wildman–Crippen LogP) is -5.47. The fraction of sp³-hybridized carbons (Fsp3) is 0.500. The van der Waals surface area contributed by atoms with Gasteiger partial charge >= 0.3 is 47.5 Å². The average Bonchev–Trinajstić information content (AvgIpc) is 2.16. The van der Waals surface area contributed by atoms with Crippen LogP contribution in [0.2, 0.25) is 0 Å². The van der Waals surface area contributed by atoms with E-state index >= 15 is 0 Å². The summed E-state index contributed by atoms with van der Waals surface area (Å²) >= 11 is 6.91. The summed E-state index contributed by atoms with van der Waals surface area (Å²) in [6.07, 6.45) is -0.954. The molecule has 0 aromatic heterocycles. The molecule has 9 nitrogen and oxygen atoms in total. The second kappa shape index (κ2) is 18.3. The molecule has 1 radical (unpaired) electrons. The summed E-state index contributed by atoms with van der Waals surface area (Å²) in [5.74, 6) is -5.02. The van der Waals surface area contributed by atoms with E-state index in [-0.39, 0.29) is 57.4 Å². The molecular weight excluding hydrogens is 524 g/mol. The topological polar surface area (TPSA) is 184 Å². The van der Waals surface area contributed by atoms with Crippen LogP contribution < -0.4 is 34.7 Å². The van der Waals surface area contributed by atoms with Gasteiger partial charge in [-0.25, -0.2) is 0 Å². The van der Waals surface area contributed by atoms with E-state index in [9.17, 15) is 24.3 Å². The van der Waals surface area contributed by atoms with E-state index in [0.29, 0.717) is 0 Å². The second-order valence-corrected chi connectivity index (χ2v) is 4.13. The molecule has 0 rings (SSSR count). The first-order chi connectivity index (χ1) is 8.07. The number of aliphatic carboxylic acids is 4. The van der Waals surface area contributed by atoms with Gasteiger partial charge < -0.3 is 30.7 Å². The molecule has 13 heteroatoms. The molecule has 0 spiro atoms. The van der Waals surface area contributed by atoms with Gasteiger partial charge in [-0.15, -0.1) is 0 Å². The fourth-order valence-electron chi connectivity index (χ4n) is 0.501. The van der Waals surface area contributed by atoms with Gasteiger partial charge in [0, 0.05) is 22.4 Å². The molecule has 0 heterocycles. The third-order valence-electron chi connectivity index (χ3n) is 1.29. The van der Waals surface area contributed by atoms with Crippen LogP contribution >= 0.6 is 25.3 Å². The minimum Gasteiger partial charge on any atom is -0.549 e. The number of carbonyl (C=O) groups excluding carboxylic acids is 1. The van der Waals surface area contributed by atoms with Crippen LogP contribution in [0.4, 0.5) is 0 Å². The van der Waals surface area contributed by atoms with Crippen LogP contribution in [0.25, 0.3) is 0 Å². The van der Waals surface area contributed by atoms with Gasteiger partial charge in [-0.2, -0.15) is 25.3 Å². The van der Waals surface area contributed by atoms with Crippen LogP contribution in [0.3, 0.4) is 0 Å². The van der Waals surface area contributed by atoms with Crippen molar-refractivity contribution in [2.75, 3.05) is 0 Å². The summed E-state index contributed by atoms with van der Waals surface area (Å²) in [4.78, 5) is 39.3. The Morgan fingerprint density at radius 1 is 0.905 bits per heavy atom. The van der Waals surface area contributed by atoms with Crippen molar-refractivity contribution in [3.05, 3.63) is 0 Å². The minimum atomic E-state index is -1.46. The maximum atomic E-state index is 9.90. The van der Waals surface area contributed by atoms with Crippen LogP contribution in [-0.2, 0) is 41.6 Å². The van der Waals surface area contributed by atoms with E-state index in [1.807, 2.05) is 0 Å². The molecular formula is C8H13AuNaO9S2. The van der Waals surface area contributed by atoms with Gasteiger partial charge in [0.25, 0.3) is 0 Å². The number of rotatable bonds is 6. The summed E-state index contributed by atoms with van der Waals surface area (Å²) in [5, 5.41) is 31.6. The van der Waals surface area contributed by atoms with Gasteiger partial charge in [0.05, 0.1) is 24.1 Å². The fourth-order valence-corrected chi connectivity index (χ4v) is 0.814. The molecule has 5 N–H and O–H groups in total. The average molecular weight is 537 g/mol. The number of carboxylic acid groups (broad SMARTS) is 4. The normalized spacial score (nSPS) is 10.8. The van der Waals surface area contributed by atoms with Crippen molar-refractivity contribution >= 4 is 49.1 Å². The molecule has 0 bridgehead atoms. The van der Waals surface area contributed by atoms with Crippen molar-refractivity contribution in [2.45, 2.75) is 23.3 Å². The van der Waals surface area contributed by atoms with Crippen molar-refractivity contribution in [1.82, 2.24) is 0 Å². The Balaban J connectivity index is -0.0000000711. The second-order valence-electron chi connectivity index (χ2n) is 2.88. The van der Waals surface area contributed by atoms with E-state index in [1.54, 1.807) is 0 Å². The Labute approximate surface area is 168 Å². The van der Waals surface area contributed by atoms with Crippen molar-refractivity contribution < 1.29 is 97.0 Å². The molecule has 0 aliphatic heterocycles. The standard InChI is InChI=1S/2C4H6O4S.Au.Na.H2O/c2*5-3(6)1-2(9)4(7)8;;;/h2*2,9H,1H2,(H,5,6)(H,7,8);;;1H2/q;;;+1;/p-1. The van der Waals surface area contributed by atoms with Crippen molar-refractivity contribution in [3.8, 4) is 0 Å². The molecule has 2 atom stereocenters. The molecule has 0 aromatic rings. The number of thiol groups is 2. The van der Waals surface area contributed by atoms with Crippen LogP contribution in [0.15, 0.2) is 0 Å². The first kappa shape index (κ1) is 33.0. The Morgan fingerprint density at radius 3 is 1.29 bits per heavy atom. The van der Waals surface area contributed by atoms with E-state index in [0.717, 1.165) is 0 Å². The number of hydrogen-bond acceptors (Lipinski definition) is 7. The summed E-state index contributed by atoms with van der Waals surface area (Å²) in [5.41, 5.74) is 0. The molecule has 123 valence electrons. The summed E-state index contributed by atoms with van der Waals surface area (Å²) in [6.45, 7) is 0. The SMILES string of the molecule is O.O=C(O)CC(S)C(=O)O.O=C(O)CC(S)C(=O)[O-].[Au].[Na+]. The maximum Gasteiger partial charge on any atom is 1.00 e. The molecule has 0 fully saturated rings. The van der Waals surface area contributed by atoms with Gasteiger partial charge in [-0.1, -0.05) is 0 Å². The number of hydrogen-bond donors (Lipinski definition) is 5. The summed E-state index contributed by atoms with van der Waals surface area (Å²) in [6, 6.07) is 0. The van der Waals surface area contributed by atoms with Gasteiger partial charge in [0.1, 0.15) is 5.25 Å². The molecule has 0 aromatic carbocycles. The number of carboxylic acids is 4. The van der Waals surface area contributed by atoms with Crippen LogP contribution in [0.1, 0.15) is 12.8 Å². The Morgan fingerprint density at radius 2 is 1.19 bits per heavy atom. The number of carbonyl (C=O) groups is 4. The summed E-state index contributed by atoms with van der Waals surface area (Å²) in [7, 11) is 0. The van der Waals surface area contributed by atoms with Crippen molar-refractivity contribution in [2.24, 2.45) is 0 Å². The molecule has 21 heavy (non-hydrogen) atoms. The van der Waals surface area contributed by atoms with Gasteiger partial charge in [-0.3, -0.25) is 14.4 Å². The molecule has 0 saturated heterocycles. The van der Waals surface area contributed by atoms with E-state index in [1.165, 1.54) is 0 Å². The zero-order valence-electron chi connectivity index (χ0n) is 10.6. The maximum absolute atomic E-state index is 9.90. The quantitative estimate of drug-likeness (QED) is 0.164. The van der Waals surface area contributed by atoms with Crippen LogP contribution in [-0.4, -0.2) is 55.2 Å². The van der Waals surface area contributed by atoms with E-state index in [4.69, 9.17) is 15.3 Å². The first-order valence-corrected chi connectivity index (χ1v) is 5.34. The summed E-state index contributed by atoms with van der Waals surface area (Å²) < 4.78 is 0. The Hall–Kier alpha value is 0.280. The molecule has 0 aliphatic carbocycles. The third kappa shape index (κ3) is 25.6. The Kier molecular flexibility index (Phi) is 28.8. The first-order valence-electron chi connectivity index (χ1n) is 4.31. The third-order valence-corrected chi connectivity index (χ3v) is 2.09. The predicted molar refractivity (Wildman–Crippen MR) is 66.3 cm³/mol. The molecule has 0 saturated carbocycles. The van der Waals surface area contributed by atoms with Crippen LogP contribution in [0, 0.1) is 0 Å². The van der Waals surface area contributed by atoms with Gasteiger partial charge in [0.2, 0.25) is 0 Å². The van der Waals surface area contributed by atoms with Gasteiger partial charge in [0.15, 0.2) is 0 Å². The molecule has 2 unspecified atom stereocenters. The zero-order chi connectivity index (χ0) is 14.9. The van der Waals surface area contributed by atoms with E-state index in [2.05, 4.69) is 25.3 Å². The Bertz CT molecular complexity index is 310. The van der Waals surface area contributed by atoms with E-state index < -0.39 is 47.2 Å². The monoisotopic (exact) mass is 537 g/mol. The van der Waals surface area contributed by atoms with Crippen molar-refractivity contribution in [1.29, 1.82) is 0 Å². The molecule has 0 aliphatic rings. The molecule has 0 amide bonds.